The van der Waals surface area contributed by atoms with E-state index < -0.39 is 0 Å². The summed E-state index contributed by atoms with van der Waals surface area (Å²) in [6.45, 7) is 0.845. The number of imidazole rings is 1. The minimum atomic E-state index is 0.757. The van der Waals surface area contributed by atoms with E-state index in [-0.39, 0.29) is 0 Å². The van der Waals surface area contributed by atoms with Crippen molar-refractivity contribution in [2.45, 2.75) is 13.0 Å². The van der Waals surface area contributed by atoms with Gasteiger partial charge in [0.1, 0.15) is 0 Å². The molecule has 20 heavy (non-hydrogen) atoms. The molecule has 3 nitrogen and oxygen atoms in total. The lowest BCUT2D eigenvalue weighted by Crippen LogP contribution is -2.03. The van der Waals surface area contributed by atoms with E-state index in [0.717, 1.165) is 23.4 Å². The second-order valence-electron chi connectivity index (χ2n) is 4.61. The molecule has 100 valence electrons. The molecule has 0 saturated heterocycles. The zero-order valence-corrected chi connectivity index (χ0v) is 11.8. The molecule has 1 aromatic carbocycles. The van der Waals surface area contributed by atoms with Crippen LogP contribution in [0.3, 0.4) is 0 Å². The van der Waals surface area contributed by atoms with Crippen LogP contribution in [0.1, 0.15) is 5.56 Å². The predicted molar refractivity (Wildman–Crippen MR) is 83.0 cm³/mol. The molecule has 3 rings (SSSR count). The van der Waals surface area contributed by atoms with Gasteiger partial charge in [-0.3, -0.25) is 4.98 Å². The van der Waals surface area contributed by atoms with Gasteiger partial charge in [0.2, 0.25) is 0 Å². The molecule has 0 radical (unpaired) electrons. The molecule has 0 aliphatic carbocycles. The number of pyridine rings is 1. The van der Waals surface area contributed by atoms with E-state index in [9.17, 15) is 0 Å². The number of rotatable bonds is 4. The summed E-state index contributed by atoms with van der Waals surface area (Å²) >= 11 is 5.38. The molecule has 3 aromatic rings. The third kappa shape index (κ3) is 2.70. The number of H-pyrrole nitrogens is 1. The van der Waals surface area contributed by atoms with Crippen LogP contribution in [0.5, 0.6) is 0 Å². The third-order valence-corrected chi connectivity index (χ3v) is 3.62. The van der Waals surface area contributed by atoms with Crippen LogP contribution in [0.2, 0.25) is 0 Å². The Hall–Kier alpha value is -2.20. The van der Waals surface area contributed by atoms with Gasteiger partial charge in [-0.05, 0) is 35.8 Å². The number of aromatic nitrogens is 3. The van der Waals surface area contributed by atoms with Gasteiger partial charge in [-0.1, -0.05) is 36.4 Å². The number of aryl methyl sites for hydroxylation is 1. The van der Waals surface area contributed by atoms with Crippen molar-refractivity contribution in [1.82, 2.24) is 14.5 Å². The molecule has 0 amide bonds. The Morgan fingerprint density at radius 3 is 2.70 bits per heavy atom. The van der Waals surface area contributed by atoms with Crippen LogP contribution in [-0.2, 0) is 13.0 Å². The maximum Gasteiger partial charge on any atom is 0.177 e. The minimum Gasteiger partial charge on any atom is -0.337 e. The van der Waals surface area contributed by atoms with Gasteiger partial charge in [0.05, 0.1) is 5.69 Å². The van der Waals surface area contributed by atoms with Crippen LogP contribution in [0.4, 0.5) is 0 Å². The largest absolute Gasteiger partial charge is 0.337 e. The van der Waals surface area contributed by atoms with E-state index in [1.165, 1.54) is 11.1 Å². The molecule has 2 aromatic heterocycles. The molecule has 4 heteroatoms. The molecular weight excluding hydrogens is 266 g/mol. The number of aromatic amines is 1. The first-order valence-electron chi connectivity index (χ1n) is 6.57. The molecule has 0 atom stereocenters. The zero-order valence-electron chi connectivity index (χ0n) is 11.0. The summed E-state index contributed by atoms with van der Waals surface area (Å²) in [6.07, 6.45) is 6.58. The molecule has 0 fully saturated rings. The molecule has 0 aliphatic heterocycles. The first-order valence-corrected chi connectivity index (χ1v) is 6.98. The Morgan fingerprint density at radius 2 is 1.95 bits per heavy atom. The van der Waals surface area contributed by atoms with E-state index in [2.05, 4.69) is 32.7 Å². The Balaban J connectivity index is 1.87. The van der Waals surface area contributed by atoms with Crippen LogP contribution in [-0.4, -0.2) is 14.5 Å². The highest BCUT2D eigenvalue weighted by Crippen LogP contribution is 2.19. The van der Waals surface area contributed by atoms with Crippen molar-refractivity contribution < 1.29 is 0 Å². The monoisotopic (exact) mass is 281 g/mol. The van der Waals surface area contributed by atoms with Gasteiger partial charge >= 0.3 is 0 Å². The van der Waals surface area contributed by atoms with Crippen molar-refractivity contribution in [3.63, 3.8) is 0 Å². The second-order valence-corrected chi connectivity index (χ2v) is 4.99. The second kappa shape index (κ2) is 5.84. The van der Waals surface area contributed by atoms with E-state index in [1.54, 1.807) is 6.20 Å². The van der Waals surface area contributed by atoms with Gasteiger partial charge in [0.15, 0.2) is 4.77 Å². The molecule has 0 spiro atoms. The summed E-state index contributed by atoms with van der Waals surface area (Å²) < 4.78 is 2.89. The highest BCUT2D eigenvalue weighted by Gasteiger charge is 2.06. The van der Waals surface area contributed by atoms with Gasteiger partial charge in [0, 0.05) is 25.1 Å². The first kappa shape index (κ1) is 12.8. The van der Waals surface area contributed by atoms with Gasteiger partial charge in [-0.15, -0.1) is 0 Å². The Labute approximate surface area is 122 Å². The van der Waals surface area contributed by atoms with E-state index in [1.807, 2.05) is 36.7 Å². The quantitative estimate of drug-likeness (QED) is 0.737. The number of benzene rings is 1. The fourth-order valence-electron chi connectivity index (χ4n) is 2.25. The van der Waals surface area contributed by atoms with Crippen molar-refractivity contribution in [3.8, 4) is 11.3 Å². The lowest BCUT2D eigenvalue weighted by molar-refractivity contribution is 0.691. The van der Waals surface area contributed by atoms with E-state index in [4.69, 9.17) is 12.2 Å². The SMILES string of the molecule is S=c1[nH]cc(-c2ccccc2)n1CCc1cccnc1. The Morgan fingerprint density at radius 1 is 1.10 bits per heavy atom. The zero-order chi connectivity index (χ0) is 13.8. The van der Waals surface area contributed by atoms with Crippen molar-refractivity contribution in [2.75, 3.05) is 0 Å². The lowest BCUT2D eigenvalue weighted by atomic mass is 10.1. The molecule has 0 saturated carbocycles. The summed E-state index contributed by atoms with van der Waals surface area (Å²) in [7, 11) is 0. The highest BCUT2D eigenvalue weighted by atomic mass is 32.1. The van der Waals surface area contributed by atoms with Crippen molar-refractivity contribution in [2.24, 2.45) is 0 Å². The smallest absolute Gasteiger partial charge is 0.177 e. The highest BCUT2D eigenvalue weighted by molar-refractivity contribution is 7.71. The van der Waals surface area contributed by atoms with Crippen molar-refractivity contribution in [1.29, 1.82) is 0 Å². The summed E-state index contributed by atoms with van der Waals surface area (Å²) in [5.74, 6) is 0. The number of hydrogen-bond acceptors (Lipinski definition) is 2. The van der Waals surface area contributed by atoms with Crippen LogP contribution >= 0.6 is 12.2 Å². The maximum atomic E-state index is 5.38. The summed E-state index contributed by atoms with van der Waals surface area (Å²) in [6, 6.07) is 14.3. The van der Waals surface area contributed by atoms with Gasteiger partial charge in [-0.25, -0.2) is 0 Å². The maximum absolute atomic E-state index is 5.38. The van der Waals surface area contributed by atoms with Crippen LogP contribution in [0.15, 0.2) is 61.1 Å². The molecular formula is C16H15N3S. The average molecular weight is 281 g/mol. The van der Waals surface area contributed by atoms with Gasteiger partial charge in [0.25, 0.3) is 0 Å². The molecule has 0 aliphatic rings. The lowest BCUT2D eigenvalue weighted by Gasteiger charge is -2.08. The normalized spacial score (nSPS) is 10.6. The first-order chi connectivity index (χ1) is 9.84. The van der Waals surface area contributed by atoms with Crippen molar-refractivity contribution in [3.05, 3.63) is 71.4 Å². The number of nitrogens with zero attached hydrogens (tertiary/aromatic N) is 2. The van der Waals surface area contributed by atoms with Gasteiger partial charge in [-0.2, -0.15) is 0 Å². The standard InChI is InChI=1S/C16H15N3S/c20-16-18-12-15(14-6-2-1-3-7-14)19(16)10-8-13-5-4-9-17-11-13/h1-7,9,11-12H,8,10H2,(H,18,20). The minimum absolute atomic E-state index is 0.757. The van der Waals surface area contributed by atoms with E-state index in [0.29, 0.717) is 0 Å². The predicted octanol–water partition coefficient (Wildman–Crippen LogP) is 3.85. The van der Waals surface area contributed by atoms with Crippen molar-refractivity contribution >= 4 is 12.2 Å². The third-order valence-electron chi connectivity index (χ3n) is 3.28. The summed E-state index contributed by atoms with van der Waals surface area (Å²) in [5, 5.41) is 0. The summed E-state index contributed by atoms with van der Waals surface area (Å²) in [5.41, 5.74) is 3.51. The van der Waals surface area contributed by atoms with Gasteiger partial charge < -0.3 is 9.55 Å². The topological polar surface area (TPSA) is 33.6 Å². The average Bonchev–Trinajstić information content (AvgIpc) is 2.88. The fourth-order valence-corrected chi connectivity index (χ4v) is 2.50. The number of nitrogens with one attached hydrogen (secondary N) is 1. The molecule has 2 heterocycles. The molecule has 1 N–H and O–H groups in total. The summed E-state index contributed by atoms with van der Waals surface area (Å²) in [4.78, 5) is 7.28. The number of hydrogen-bond donors (Lipinski definition) is 1. The van der Waals surface area contributed by atoms with Crippen LogP contribution in [0.25, 0.3) is 11.3 Å². The molecule has 0 unspecified atom stereocenters. The van der Waals surface area contributed by atoms with Crippen LogP contribution in [0, 0.1) is 4.77 Å². The molecule has 0 bridgehead atoms. The van der Waals surface area contributed by atoms with E-state index >= 15 is 0 Å². The fraction of sp³-hybridized carbons (Fsp3) is 0.125. The Kier molecular flexibility index (Phi) is 3.74. The van der Waals surface area contributed by atoms with Crippen LogP contribution < -0.4 is 0 Å². The Bertz CT molecular complexity index is 729.